The van der Waals surface area contributed by atoms with Gasteiger partial charge in [-0.15, -0.1) is 0 Å². The Kier molecular flexibility index (Phi) is 1.49. The molecule has 0 bridgehead atoms. The molecule has 0 spiro atoms. The van der Waals surface area contributed by atoms with Crippen LogP contribution in [0.15, 0.2) is 15.8 Å². The molecule has 54 valence electrons. The lowest BCUT2D eigenvalue weighted by Crippen LogP contribution is -2.08. The Morgan fingerprint density at radius 3 is 2.40 bits per heavy atom. The van der Waals surface area contributed by atoms with E-state index in [1.807, 2.05) is 6.92 Å². The number of hydrogen-bond acceptors (Lipinski definition) is 2. The largest absolute Gasteiger partial charge is 0.423 e. The monoisotopic (exact) mass is 139 g/mol. The van der Waals surface area contributed by atoms with Gasteiger partial charge in [-0.2, -0.15) is 0 Å². The van der Waals surface area contributed by atoms with Crippen LogP contribution in [0.1, 0.15) is 11.5 Å². The van der Waals surface area contributed by atoms with Gasteiger partial charge in [0.1, 0.15) is 5.76 Å². The second kappa shape index (κ2) is 2.17. The molecule has 0 unspecified atom stereocenters. The zero-order chi connectivity index (χ0) is 7.72. The van der Waals surface area contributed by atoms with Crippen LogP contribution in [0, 0.1) is 13.8 Å². The van der Waals surface area contributed by atoms with Crippen molar-refractivity contribution in [3.05, 3.63) is 28.6 Å². The van der Waals surface area contributed by atoms with Gasteiger partial charge >= 0.3 is 5.76 Å². The molecule has 0 saturated heterocycles. The normalized spacial score (nSPS) is 9.80. The molecule has 0 aliphatic heterocycles. The maximum absolute atomic E-state index is 10.8. The summed E-state index contributed by atoms with van der Waals surface area (Å²) in [6.07, 6.45) is 1.44. The molecule has 0 aliphatic rings. The highest BCUT2D eigenvalue weighted by Gasteiger charge is 2.04. The van der Waals surface area contributed by atoms with Gasteiger partial charge in [0.05, 0.1) is 5.69 Å². The Morgan fingerprint density at radius 1 is 1.60 bits per heavy atom. The van der Waals surface area contributed by atoms with Gasteiger partial charge in [0.25, 0.3) is 0 Å². The minimum Gasteiger partial charge on any atom is -0.413 e. The van der Waals surface area contributed by atoms with Gasteiger partial charge in [-0.25, -0.2) is 4.79 Å². The lowest BCUT2D eigenvalue weighted by Gasteiger charge is -1.89. The minimum atomic E-state index is -0.370. The maximum Gasteiger partial charge on any atom is 0.423 e. The lowest BCUT2D eigenvalue weighted by atomic mass is 10.4. The van der Waals surface area contributed by atoms with Crippen LogP contribution in [-0.2, 0) is 0 Å². The third-order valence-electron chi connectivity index (χ3n) is 1.49. The molecule has 0 saturated carbocycles. The lowest BCUT2D eigenvalue weighted by molar-refractivity contribution is 0.481. The highest BCUT2D eigenvalue weighted by Crippen LogP contribution is 2.02. The summed E-state index contributed by atoms with van der Waals surface area (Å²) in [5.74, 6) is 0.273. The standard InChI is InChI=1S/C7H9NO2/c1-4-8-5(2)6(3)10-7(8)9/h4H,1H2,2-3H3. The number of aromatic nitrogens is 1. The summed E-state index contributed by atoms with van der Waals surface area (Å²) in [6, 6.07) is 0. The van der Waals surface area contributed by atoms with Gasteiger partial charge < -0.3 is 4.42 Å². The van der Waals surface area contributed by atoms with Crippen molar-refractivity contribution >= 4 is 6.20 Å². The predicted molar refractivity (Wildman–Crippen MR) is 38.8 cm³/mol. The topological polar surface area (TPSA) is 35.1 Å². The van der Waals surface area contributed by atoms with Crippen LogP contribution < -0.4 is 5.76 Å². The summed E-state index contributed by atoms with van der Waals surface area (Å²) in [4.78, 5) is 10.8. The van der Waals surface area contributed by atoms with Crippen LogP contribution in [0.25, 0.3) is 6.20 Å². The molecule has 1 aromatic rings. The van der Waals surface area contributed by atoms with E-state index in [0.29, 0.717) is 5.76 Å². The molecule has 0 amide bonds. The Balaban J connectivity index is 3.48. The summed E-state index contributed by atoms with van der Waals surface area (Å²) < 4.78 is 6.14. The zero-order valence-corrected chi connectivity index (χ0v) is 6.05. The third-order valence-corrected chi connectivity index (χ3v) is 1.49. The Morgan fingerprint density at radius 2 is 2.20 bits per heavy atom. The van der Waals surface area contributed by atoms with Crippen LogP contribution >= 0.6 is 0 Å². The van der Waals surface area contributed by atoms with Crippen molar-refractivity contribution in [1.82, 2.24) is 4.57 Å². The van der Waals surface area contributed by atoms with Crippen LogP contribution in [0.2, 0.25) is 0 Å². The molecule has 1 aromatic heterocycles. The Hall–Kier alpha value is -1.25. The Labute approximate surface area is 58.6 Å². The molecule has 0 fully saturated rings. The average Bonchev–Trinajstić information content (AvgIpc) is 2.09. The van der Waals surface area contributed by atoms with E-state index in [1.54, 1.807) is 6.92 Å². The van der Waals surface area contributed by atoms with Gasteiger partial charge in [0, 0.05) is 6.20 Å². The molecule has 10 heavy (non-hydrogen) atoms. The van der Waals surface area contributed by atoms with Gasteiger partial charge in [0.2, 0.25) is 0 Å². The van der Waals surface area contributed by atoms with Gasteiger partial charge in [-0.3, -0.25) is 4.57 Å². The SMILES string of the molecule is C=Cn1c(C)c(C)oc1=O. The van der Waals surface area contributed by atoms with Crippen molar-refractivity contribution in [2.45, 2.75) is 13.8 Å². The molecule has 3 nitrogen and oxygen atoms in total. The number of nitrogens with zero attached hydrogens (tertiary/aromatic N) is 1. The first-order valence-corrected chi connectivity index (χ1v) is 2.98. The van der Waals surface area contributed by atoms with Gasteiger partial charge in [0.15, 0.2) is 0 Å². The molecule has 0 atom stereocenters. The minimum absolute atomic E-state index is 0.370. The van der Waals surface area contributed by atoms with Crippen molar-refractivity contribution in [3.63, 3.8) is 0 Å². The summed E-state index contributed by atoms with van der Waals surface area (Å²) >= 11 is 0. The van der Waals surface area contributed by atoms with E-state index < -0.39 is 0 Å². The first kappa shape index (κ1) is 6.86. The van der Waals surface area contributed by atoms with Gasteiger partial charge in [-0.1, -0.05) is 6.58 Å². The average molecular weight is 139 g/mol. The van der Waals surface area contributed by atoms with E-state index in [9.17, 15) is 4.79 Å². The molecule has 0 N–H and O–H groups in total. The summed E-state index contributed by atoms with van der Waals surface area (Å²) in [6.45, 7) is 7.02. The molecule has 1 rings (SSSR count). The highest BCUT2D eigenvalue weighted by molar-refractivity contribution is 5.22. The molecule has 3 heteroatoms. The van der Waals surface area contributed by atoms with E-state index in [4.69, 9.17) is 4.42 Å². The number of rotatable bonds is 1. The zero-order valence-electron chi connectivity index (χ0n) is 6.05. The quantitative estimate of drug-likeness (QED) is 0.585. The third kappa shape index (κ3) is 0.795. The fourth-order valence-corrected chi connectivity index (χ4v) is 0.772. The van der Waals surface area contributed by atoms with Crippen LogP contribution in [0.4, 0.5) is 0 Å². The summed E-state index contributed by atoms with van der Waals surface area (Å²) in [7, 11) is 0. The molecular formula is C7H9NO2. The Bertz CT molecular complexity index is 306. The molecular weight excluding hydrogens is 130 g/mol. The van der Waals surface area contributed by atoms with Crippen LogP contribution in [0.5, 0.6) is 0 Å². The van der Waals surface area contributed by atoms with Gasteiger partial charge in [-0.05, 0) is 13.8 Å². The van der Waals surface area contributed by atoms with Crippen molar-refractivity contribution < 1.29 is 4.42 Å². The van der Waals surface area contributed by atoms with E-state index in [0.717, 1.165) is 5.69 Å². The van der Waals surface area contributed by atoms with E-state index in [2.05, 4.69) is 6.58 Å². The van der Waals surface area contributed by atoms with Crippen molar-refractivity contribution in [2.24, 2.45) is 0 Å². The summed E-state index contributed by atoms with van der Waals surface area (Å²) in [5.41, 5.74) is 0.806. The maximum atomic E-state index is 10.8. The second-order valence-electron chi connectivity index (χ2n) is 2.06. The molecule has 0 aromatic carbocycles. The predicted octanol–water partition coefficient (Wildman–Crippen LogP) is 1.16. The van der Waals surface area contributed by atoms with Crippen LogP contribution in [0.3, 0.4) is 0 Å². The highest BCUT2D eigenvalue weighted by atomic mass is 16.4. The van der Waals surface area contributed by atoms with E-state index in [1.165, 1.54) is 10.8 Å². The van der Waals surface area contributed by atoms with E-state index in [-0.39, 0.29) is 5.76 Å². The smallest absolute Gasteiger partial charge is 0.413 e. The number of aryl methyl sites for hydroxylation is 1. The molecule has 0 aliphatic carbocycles. The van der Waals surface area contributed by atoms with Crippen LogP contribution in [-0.4, -0.2) is 4.57 Å². The van der Waals surface area contributed by atoms with Crippen molar-refractivity contribution in [3.8, 4) is 0 Å². The number of oxazole rings is 1. The van der Waals surface area contributed by atoms with Crippen molar-refractivity contribution in [1.29, 1.82) is 0 Å². The number of hydrogen-bond donors (Lipinski definition) is 0. The molecule has 1 heterocycles. The fourth-order valence-electron chi connectivity index (χ4n) is 0.772. The first-order valence-electron chi connectivity index (χ1n) is 2.98. The van der Waals surface area contributed by atoms with Crippen molar-refractivity contribution in [2.75, 3.05) is 0 Å². The summed E-state index contributed by atoms with van der Waals surface area (Å²) in [5, 5.41) is 0. The fraction of sp³-hybridized carbons (Fsp3) is 0.286. The molecule has 0 radical (unpaired) electrons. The first-order chi connectivity index (χ1) is 4.66. The second-order valence-corrected chi connectivity index (χ2v) is 2.06. The van der Waals surface area contributed by atoms with E-state index >= 15 is 0 Å².